The van der Waals surface area contributed by atoms with Crippen LogP contribution in [-0.4, -0.2) is 33.8 Å². The smallest absolute Gasteiger partial charge is 0.261 e. The standard InChI is InChI=1S/C8H9ClO4S/c9-14(10,11)6-1-2-7-8(5-6)13-4-3-12-7/h1-2,5,7-8H,3-4H2. The SMILES string of the molecule is O=S(=O)(Cl)C1=CC2OCCOC2C=C1. The largest absolute Gasteiger partial charge is 0.369 e. The van der Waals surface area contributed by atoms with Gasteiger partial charge in [0.1, 0.15) is 12.2 Å². The van der Waals surface area contributed by atoms with Gasteiger partial charge in [-0.25, -0.2) is 8.42 Å². The van der Waals surface area contributed by atoms with Gasteiger partial charge >= 0.3 is 0 Å². The quantitative estimate of drug-likeness (QED) is 0.632. The summed E-state index contributed by atoms with van der Waals surface area (Å²) in [5, 5.41) is 0. The molecule has 1 aliphatic carbocycles. The van der Waals surface area contributed by atoms with Crippen LogP contribution in [0, 0.1) is 0 Å². The Morgan fingerprint density at radius 1 is 1.29 bits per heavy atom. The van der Waals surface area contributed by atoms with Crippen LogP contribution < -0.4 is 0 Å². The molecule has 1 aliphatic heterocycles. The Morgan fingerprint density at radius 2 is 1.93 bits per heavy atom. The molecule has 0 aromatic heterocycles. The lowest BCUT2D eigenvalue weighted by molar-refractivity contribution is -0.102. The summed E-state index contributed by atoms with van der Waals surface area (Å²) in [4.78, 5) is 0.0749. The fourth-order valence-corrected chi connectivity index (χ4v) is 2.28. The van der Waals surface area contributed by atoms with Crippen molar-refractivity contribution >= 4 is 19.7 Å². The normalized spacial score (nSPS) is 32.2. The summed E-state index contributed by atoms with van der Waals surface area (Å²) in [5.74, 6) is 0. The maximum Gasteiger partial charge on any atom is 0.261 e. The maximum atomic E-state index is 11.0. The van der Waals surface area contributed by atoms with Gasteiger partial charge in [0.05, 0.1) is 18.1 Å². The first-order valence-electron chi connectivity index (χ1n) is 4.15. The Bertz CT molecular complexity index is 384. The lowest BCUT2D eigenvalue weighted by Gasteiger charge is -2.30. The van der Waals surface area contributed by atoms with Gasteiger partial charge in [-0.1, -0.05) is 6.08 Å². The van der Waals surface area contributed by atoms with E-state index in [0.717, 1.165) is 0 Å². The van der Waals surface area contributed by atoms with Crippen LogP contribution in [0.25, 0.3) is 0 Å². The highest BCUT2D eigenvalue weighted by Gasteiger charge is 2.28. The molecule has 1 heterocycles. The minimum Gasteiger partial charge on any atom is -0.369 e. The molecule has 1 saturated heterocycles. The summed E-state index contributed by atoms with van der Waals surface area (Å²) < 4.78 is 32.7. The van der Waals surface area contributed by atoms with Crippen molar-refractivity contribution in [1.82, 2.24) is 0 Å². The Kier molecular flexibility index (Phi) is 2.66. The molecule has 6 heteroatoms. The maximum absolute atomic E-state index is 11.0. The molecule has 0 aromatic carbocycles. The fourth-order valence-electron chi connectivity index (χ4n) is 1.44. The number of hydrogen-bond donors (Lipinski definition) is 0. The third-order valence-electron chi connectivity index (χ3n) is 2.09. The summed E-state index contributed by atoms with van der Waals surface area (Å²) in [7, 11) is 1.53. The van der Waals surface area contributed by atoms with Crippen molar-refractivity contribution in [2.75, 3.05) is 13.2 Å². The van der Waals surface area contributed by atoms with Gasteiger partial charge in [-0.3, -0.25) is 0 Å². The Labute approximate surface area is 86.6 Å². The zero-order valence-electron chi connectivity index (χ0n) is 7.22. The van der Waals surface area contributed by atoms with Crippen molar-refractivity contribution in [3.05, 3.63) is 23.1 Å². The molecule has 78 valence electrons. The molecule has 14 heavy (non-hydrogen) atoms. The van der Waals surface area contributed by atoms with Crippen LogP contribution in [0.5, 0.6) is 0 Å². The summed E-state index contributed by atoms with van der Waals surface area (Å²) in [6.07, 6.45) is 4.05. The molecule has 0 amide bonds. The molecule has 0 aromatic rings. The van der Waals surface area contributed by atoms with E-state index in [2.05, 4.69) is 0 Å². The van der Waals surface area contributed by atoms with Crippen molar-refractivity contribution in [2.45, 2.75) is 12.2 Å². The Morgan fingerprint density at radius 3 is 2.57 bits per heavy atom. The number of halogens is 1. The van der Waals surface area contributed by atoms with E-state index < -0.39 is 9.05 Å². The summed E-state index contributed by atoms with van der Waals surface area (Å²) in [6, 6.07) is 0. The van der Waals surface area contributed by atoms with Crippen molar-refractivity contribution < 1.29 is 17.9 Å². The van der Waals surface area contributed by atoms with Crippen LogP contribution >= 0.6 is 10.7 Å². The second kappa shape index (κ2) is 3.66. The topological polar surface area (TPSA) is 52.6 Å². The van der Waals surface area contributed by atoms with Gasteiger partial charge in [0.2, 0.25) is 0 Å². The second-order valence-electron chi connectivity index (χ2n) is 3.04. The Balaban J connectivity index is 2.25. The predicted molar refractivity (Wildman–Crippen MR) is 51.5 cm³/mol. The molecule has 0 spiro atoms. The summed E-state index contributed by atoms with van der Waals surface area (Å²) >= 11 is 0. The second-order valence-corrected chi connectivity index (χ2v) is 5.60. The van der Waals surface area contributed by atoms with Crippen molar-refractivity contribution in [3.8, 4) is 0 Å². The van der Waals surface area contributed by atoms with E-state index in [-0.39, 0.29) is 17.1 Å². The lowest BCUT2D eigenvalue weighted by atomic mass is 10.1. The molecular formula is C8H9ClO4S. The zero-order valence-corrected chi connectivity index (χ0v) is 8.79. The minimum atomic E-state index is -3.67. The molecule has 0 N–H and O–H groups in total. The molecule has 4 nitrogen and oxygen atoms in total. The van der Waals surface area contributed by atoms with Gasteiger partial charge < -0.3 is 9.47 Å². The predicted octanol–water partition coefficient (Wildman–Crippen LogP) is 0.793. The number of hydrogen-bond acceptors (Lipinski definition) is 4. The third kappa shape index (κ3) is 2.00. The van der Waals surface area contributed by atoms with Gasteiger partial charge in [-0.2, -0.15) is 0 Å². The van der Waals surface area contributed by atoms with Gasteiger partial charge in [0.25, 0.3) is 9.05 Å². The first-order chi connectivity index (χ1) is 6.57. The van der Waals surface area contributed by atoms with E-state index in [1.165, 1.54) is 12.2 Å². The van der Waals surface area contributed by atoms with Gasteiger partial charge in [0.15, 0.2) is 0 Å². The molecule has 0 saturated carbocycles. The summed E-state index contributed by atoms with van der Waals surface area (Å²) in [5.41, 5.74) is 0. The van der Waals surface area contributed by atoms with Crippen molar-refractivity contribution in [3.63, 3.8) is 0 Å². The summed E-state index contributed by atoms with van der Waals surface area (Å²) in [6.45, 7) is 1.00. The first-order valence-corrected chi connectivity index (χ1v) is 6.46. The molecule has 2 aliphatic rings. The van der Waals surface area contributed by atoms with Crippen LogP contribution in [0.3, 0.4) is 0 Å². The highest BCUT2D eigenvalue weighted by molar-refractivity contribution is 8.17. The van der Waals surface area contributed by atoms with E-state index in [1.54, 1.807) is 6.08 Å². The van der Waals surface area contributed by atoms with Crippen LogP contribution in [0.2, 0.25) is 0 Å². The molecule has 0 radical (unpaired) electrons. The Hall–Kier alpha value is -0.360. The molecule has 1 fully saturated rings. The van der Waals surface area contributed by atoms with E-state index in [4.69, 9.17) is 20.2 Å². The van der Waals surface area contributed by atoms with Gasteiger partial charge in [-0.05, 0) is 12.2 Å². The average molecular weight is 237 g/mol. The van der Waals surface area contributed by atoms with E-state index >= 15 is 0 Å². The number of ether oxygens (including phenoxy) is 2. The molecular weight excluding hydrogens is 228 g/mol. The van der Waals surface area contributed by atoms with Crippen LogP contribution in [0.15, 0.2) is 23.1 Å². The van der Waals surface area contributed by atoms with Crippen LogP contribution in [0.4, 0.5) is 0 Å². The van der Waals surface area contributed by atoms with E-state index in [9.17, 15) is 8.42 Å². The third-order valence-corrected chi connectivity index (χ3v) is 3.46. The highest BCUT2D eigenvalue weighted by atomic mass is 35.7. The number of rotatable bonds is 1. The minimum absolute atomic E-state index is 0.0749. The molecule has 2 rings (SSSR count). The van der Waals surface area contributed by atoms with Crippen LogP contribution in [0.1, 0.15) is 0 Å². The molecule has 2 unspecified atom stereocenters. The van der Waals surface area contributed by atoms with Crippen molar-refractivity contribution in [1.29, 1.82) is 0 Å². The zero-order chi connectivity index (χ0) is 10.2. The lowest BCUT2D eigenvalue weighted by Crippen LogP contribution is -2.37. The fraction of sp³-hybridized carbons (Fsp3) is 0.500. The van der Waals surface area contributed by atoms with Crippen molar-refractivity contribution in [2.24, 2.45) is 0 Å². The van der Waals surface area contributed by atoms with Gasteiger partial charge in [0, 0.05) is 10.7 Å². The van der Waals surface area contributed by atoms with E-state index in [0.29, 0.717) is 13.2 Å². The number of fused-ring (bicyclic) bond motifs is 1. The first kappa shape index (κ1) is 10.2. The molecule has 0 bridgehead atoms. The molecule has 2 atom stereocenters. The average Bonchev–Trinajstić information content (AvgIpc) is 2.16. The van der Waals surface area contributed by atoms with Gasteiger partial charge in [-0.15, -0.1) is 0 Å². The van der Waals surface area contributed by atoms with Crippen LogP contribution in [-0.2, 0) is 18.5 Å². The highest BCUT2D eigenvalue weighted by Crippen LogP contribution is 2.24. The number of allylic oxidation sites excluding steroid dienone is 1. The monoisotopic (exact) mass is 236 g/mol. The van der Waals surface area contributed by atoms with E-state index in [1.807, 2.05) is 0 Å².